The predicted octanol–water partition coefficient (Wildman–Crippen LogP) is 4.22. The van der Waals surface area contributed by atoms with Crippen molar-refractivity contribution in [1.82, 2.24) is 9.97 Å². The number of anilines is 1. The molecule has 0 amide bonds. The van der Waals surface area contributed by atoms with Gasteiger partial charge in [0, 0.05) is 24.4 Å². The molecule has 1 saturated carbocycles. The second kappa shape index (κ2) is 7.21. The van der Waals surface area contributed by atoms with Crippen LogP contribution in [0, 0.1) is 12.8 Å². The average Bonchev–Trinajstić information content (AvgIpc) is 3.25. The fraction of sp³-hybridized carbons (Fsp3) is 0.765. The van der Waals surface area contributed by atoms with Crippen LogP contribution in [0.2, 0.25) is 0 Å². The van der Waals surface area contributed by atoms with E-state index in [1.807, 2.05) is 6.92 Å². The Hall–Kier alpha value is -1.16. The lowest BCUT2D eigenvalue weighted by molar-refractivity contribution is 0.0400. The van der Waals surface area contributed by atoms with Gasteiger partial charge in [-0.25, -0.2) is 9.97 Å². The zero-order valence-electron chi connectivity index (χ0n) is 14.1. The van der Waals surface area contributed by atoms with Crippen molar-refractivity contribution >= 4 is 5.82 Å². The molecule has 0 aromatic carbocycles. The van der Waals surface area contributed by atoms with Crippen LogP contribution in [0.1, 0.15) is 76.1 Å². The Morgan fingerprint density at radius 1 is 1.24 bits per heavy atom. The molecule has 0 radical (unpaired) electrons. The quantitative estimate of drug-likeness (QED) is 0.779. The lowest BCUT2D eigenvalue weighted by atomic mass is 10.0. The van der Waals surface area contributed by atoms with E-state index in [0.717, 1.165) is 30.3 Å². The maximum absolute atomic E-state index is 5.91. The van der Waals surface area contributed by atoms with Gasteiger partial charge < -0.3 is 10.1 Å². The first kappa shape index (κ1) is 16.2. The summed E-state index contributed by atoms with van der Waals surface area (Å²) in [6.07, 6.45) is 3.62. The second-order valence-corrected chi connectivity index (χ2v) is 6.22. The Morgan fingerprint density at radius 3 is 2.48 bits per heavy atom. The molecule has 4 heteroatoms. The molecule has 1 fully saturated rings. The van der Waals surface area contributed by atoms with Crippen LogP contribution >= 0.6 is 0 Å². The van der Waals surface area contributed by atoms with Crippen LogP contribution < -0.4 is 5.32 Å². The van der Waals surface area contributed by atoms with Gasteiger partial charge in [0.2, 0.25) is 0 Å². The van der Waals surface area contributed by atoms with Gasteiger partial charge >= 0.3 is 0 Å². The third kappa shape index (κ3) is 3.94. The highest BCUT2D eigenvalue weighted by molar-refractivity contribution is 5.48. The fourth-order valence-electron chi connectivity index (χ4n) is 2.80. The Labute approximate surface area is 128 Å². The summed E-state index contributed by atoms with van der Waals surface area (Å²) in [5, 5.41) is 3.48. The SMILES string of the molecule is CCCNc1nc(C(OCC)C2CC2)nc(C)c1C(C)C. The lowest BCUT2D eigenvalue weighted by Crippen LogP contribution is -2.16. The molecule has 0 aliphatic heterocycles. The van der Waals surface area contributed by atoms with Gasteiger partial charge in [0.05, 0.1) is 0 Å². The fourth-order valence-corrected chi connectivity index (χ4v) is 2.80. The van der Waals surface area contributed by atoms with Crippen LogP contribution in [0.3, 0.4) is 0 Å². The number of aromatic nitrogens is 2. The van der Waals surface area contributed by atoms with Gasteiger partial charge in [-0.2, -0.15) is 0 Å². The van der Waals surface area contributed by atoms with Gasteiger partial charge in [0.1, 0.15) is 11.9 Å². The van der Waals surface area contributed by atoms with Gasteiger partial charge in [-0.3, -0.25) is 0 Å². The van der Waals surface area contributed by atoms with E-state index in [1.165, 1.54) is 18.4 Å². The zero-order chi connectivity index (χ0) is 15.4. The van der Waals surface area contributed by atoms with Crippen molar-refractivity contribution in [2.45, 2.75) is 65.9 Å². The normalized spacial score (nSPS) is 16.3. The smallest absolute Gasteiger partial charge is 0.160 e. The molecule has 1 unspecified atom stereocenters. The first-order chi connectivity index (χ1) is 10.1. The van der Waals surface area contributed by atoms with E-state index in [-0.39, 0.29) is 6.10 Å². The summed E-state index contributed by atoms with van der Waals surface area (Å²) in [6.45, 7) is 12.4. The van der Waals surface area contributed by atoms with Crippen molar-refractivity contribution in [3.05, 3.63) is 17.1 Å². The van der Waals surface area contributed by atoms with Gasteiger partial charge in [-0.1, -0.05) is 20.8 Å². The van der Waals surface area contributed by atoms with Crippen LogP contribution in [-0.4, -0.2) is 23.1 Å². The van der Waals surface area contributed by atoms with E-state index >= 15 is 0 Å². The number of nitrogens with one attached hydrogen (secondary N) is 1. The van der Waals surface area contributed by atoms with Crippen molar-refractivity contribution in [1.29, 1.82) is 0 Å². The minimum Gasteiger partial charge on any atom is -0.370 e. The van der Waals surface area contributed by atoms with Crippen molar-refractivity contribution in [2.75, 3.05) is 18.5 Å². The second-order valence-electron chi connectivity index (χ2n) is 6.22. The molecular weight excluding hydrogens is 262 g/mol. The van der Waals surface area contributed by atoms with Crippen molar-refractivity contribution in [2.24, 2.45) is 5.92 Å². The molecule has 1 N–H and O–H groups in total. The number of nitrogens with zero attached hydrogens (tertiary/aromatic N) is 2. The molecule has 2 rings (SSSR count). The third-order valence-electron chi connectivity index (χ3n) is 3.92. The van der Waals surface area contributed by atoms with E-state index < -0.39 is 0 Å². The number of rotatable bonds is 8. The van der Waals surface area contributed by atoms with E-state index in [0.29, 0.717) is 18.4 Å². The Kier molecular flexibility index (Phi) is 5.57. The minimum absolute atomic E-state index is 0.0667. The summed E-state index contributed by atoms with van der Waals surface area (Å²) < 4.78 is 5.91. The Bertz CT molecular complexity index is 469. The monoisotopic (exact) mass is 291 g/mol. The van der Waals surface area contributed by atoms with E-state index in [1.54, 1.807) is 0 Å². The summed E-state index contributed by atoms with van der Waals surface area (Å²) >= 11 is 0. The average molecular weight is 291 g/mol. The maximum atomic E-state index is 5.91. The molecule has 1 aromatic rings. The van der Waals surface area contributed by atoms with Gasteiger partial charge in [0.25, 0.3) is 0 Å². The van der Waals surface area contributed by atoms with Gasteiger partial charge in [0.15, 0.2) is 5.82 Å². The largest absolute Gasteiger partial charge is 0.370 e. The highest BCUT2D eigenvalue weighted by Crippen LogP contribution is 2.43. The van der Waals surface area contributed by atoms with Crippen molar-refractivity contribution in [3.8, 4) is 0 Å². The van der Waals surface area contributed by atoms with Crippen LogP contribution in [0.25, 0.3) is 0 Å². The molecule has 0 saturated heterocycles. The molecule has 21 heavy (non-hydrogen) atoms. The predicted molar refractivity (Wildman–Crippen MR) is 86.7 cm³/mol. The first-order valence-corrected chi connectivity index (χ1v) is 8.32. The molecular formula is C17H29N3O. The van der Waals surface area contributed by atoms with E-state index in [2.05, 4.69) is 33.0 Å². The molecule has 118 valence electrons. The standard InChI is InChI=1S/C17H29N3O/c1-6-10-18-16-14(11(3)4)12(5)19-17(20-16)15(21-7-2)13-8-9-13/h11,13,15H,6-10H2,1-5H3,(H,18,19,20). The molecule has 1 atom stereocenters. The number of hydrogen-bond acceptors (Lipinski definition) is 4. The minimum atomic E-state index is 0.0667. The third-order valence-corrected chi connectivity index (χ3v) is 3.92. The van der Waals surface area contributed by atoms with Crippen LogP contribution in [0.4, 0.5) is 5.82 Å². The first-order valence-electron chi connectivity index (χ1n) is 8.32. The Balaban J connectivity index is 2.35. The molecule has 0 spiro atoms. The van der Waals surface area contributed by atoms with Gasteiger partial charge in [-0.15, -0.1) is 0 Å². The zero-order valence-corrected chi connectivity index (χ0v) is 14.1. The van der Waals surface area contributed by atoms with Crippen LogP contribution in [0.15, 0.2) is 0 Å². The molecule has 0 bridgehead atoms. The highest BCUT2D eigenvalue weighted by Gasteiger charge is 2.35. The number of ether oxygens (including phenoxy) is 1. The van der Waals surface area contributed by atoms with Crippen molar-refractivity contribution in [3.63, 3.8) is 0 Å². The van der Waals surface area contributed by atoms with E-state index in [9.17, 15) is 0 Å². The summed E-state index contributed by atoms with van der Waals surface area (Å²) in [4.78, 5) is 9.59. The maximum Gasteiger partial charge on any atom is 0.160 e. The van der Waals surface area contributed by atoms with Crippen LogP contribution in [0.5, 0.6) is 0 Å². The molecule has 1 aliphatic rings. The molecule has 4 nitrogen and oxygen atoms in total. The highest BCUT2D eigenvalue weighted by atomic mass is 16.5. The number of hydrogen-bond donors (Lipinski definition) is 1. The molecule has 1 aromatic heterocycles. The summed E-state index contributed by atoms with van der Waals surface area (Å²) in [5.74, 6) is 2.89. The summed E-state index contributed by atoms with van der Waals surface area (Å²) in [6, 6.07) is 0. The molecule has 1 heterocycles. The molecule has 1 aliphatic carbocycles. The van der Waals surface area contributed by atoms with Crippen molar-refractivity contribution < 1.29 is 4.74 Å². The lowest BCUT2D eigenvalue weighted by Gasteiger charge is -2.21. The summed E-state index contributed by atoms with van der Waals surface area (Å²) in [5.41, 5.74) is 2.32. The van der Waals surface area contributed by atoms with Gasteiger partial charge in [-0.05, 0) is 44.9 Å². The number of aryl methyl sites for hydroxylation is 1. The van der Waals surface area contributed by atoms with Crippen LogP contribution in [-0.2, 0) is 4.74 Å². The topological polar surface area (TPSA) is 47.0 Å². The Morgan fingerprint density at radius 2 is 1.95 bits per heavy atom. The summed E-state index contributed by atoms with van der Waals surface area (Å²) in [7, 11) is 0. The van der Waals surface area contributed by atoms with E-state index in [4.69, 9.17) is 14.7 Å².